The van der Waals surface area contributed by atoms with E-state index >= 15 is 0 Å². The van der Waals surface area contributed by atoms with E-state index in [0.29, 0.717) is 47.6 Å². The van der Waals surface area contributed by atoms with Crippen LogP contribution in [0.4, 0.5) is 10.1 Å². The van der Waals surface area contributed by atoms with Crippen molar-refractivity contribution in [3.05, 3.63) is 95.0 Å². The van der Waals surface area contributed by atoms with Gasteiger partial charge in [0.25, 0.3) is 5.91 Å². The normalized spacial score (nSPS) is 13.5. The van der Waals surface area contributed by atoms with E-state index < -0.39 is 0 Å². The van der Waals surface area contributed by atoms with Gasteiger partial charge in [0.2, 0.25) is 0 Å². The molecule has 0 unspecified atom stereocenters. The maximum atomic E-state index is 14.7. The van der Waals surface area contributed by atoms with Crippen LogP contribution in [0.25, 0.3) is 0 Å². The number of nitrogens with zero attached hydrogens (tertiary/aromatic N) is 5. The molecule has 1 amide bonds. The average Bonchev–Trinajstić information content (AvgIpc) is 2.93. The molecule has 1 aliphatic rings. The molecule has 2 heterocycles. The molecule has 3 aromatic rings. The summed E-state index contributed by atoms with van der Waals surface area (Å²) in [5.74, 6) is -0.368. The van der Waals surface area contributed by atoms with Crippen LogP contribution in [0.1, 0.15) is 52.1 Å². The molecular formula is C30H33FN6O2. The number of rotatable bonds is 9. The summed E-state index contributed by atoms with van der Waals surface area (Å²) in [5, 5.41) is 22.0. The lowest BCUT2D eigenvalue weighted by Crippen LogP contribution is -2.44. The summed E-state index contributed by atoms with van der Waals surface area (Å²) in [5.41, 5.74) is 4.52. The number of hydrogen-bond acceptors (Lipinski definition) is 7. The van der Waals surface area contributed by atoms with Gasteiger partial charge in [-0.25, -0.2) is 14.4 Å². The third kappa shape index (κ3) is 6.71. The third-order valence-corrected chi connectivity index (χ3v) is 7.20. The van der Waals surface area contributed by atoms with Gasteiger partial charge in [-0.2, -0.15) is 5.26 Å². The highest BCUT2D eigenvalue weighted by atomic mass is 19.1. The van der Waals surface area contributed by atoms with E-state index in [1.54, 1.807) is 32.0 Å². The van der Waals surface area contributed by atoms with Crippen molar-refractivity contribution in [2.75, 3.05) is 24.5 Å². The van der Waals surface area contributed by atoms with Gasteiger partial charge in [0.05, 0.1) is 28.6 Å². The molecule has 8 nitrogen and oxygen atoms in total. The lowest BCUT2D eigenvalue weighted by molar-refractivity contribution is 0.0951. The smallest absolute Gasteiger partial charge is 0.254 e. The van der Waals surface area contributed by atoms with E-state index in [9.17, 15) is 19.6 Å². The Bertz CT molecular complexity index is 1360. The Labute approximate surface area is 228 Å². The lowest BCUT2D eigenvalue weighted by atomic mass is 9.99. The summed E-state index contributed by atoms with van der Waals surface area (Å²) in [6.07, 6.45) is 3.72. The van der Waals surface area contributed by atoms with E-state index in [1.165, 1.54) is 18.5 Å². The van der Waals surface area contributed by atoms with Crippen LogP contribution in [-0.2, 0) is 6.54 Å². The first kappa shape index (κ1) is 27.6. The Kier molecular flexibility index (Phi) is 8.77. The number of nitriles is 1. The summed E-state index contributed by atoms with van der Waals surface area (Å²) >= 11 is 0. The number of halogens is 1. The molecule has 0 saturated carbocycles. The minimum atomic E-state index is -0.349. The van der Waals surface area contributed by atoms with Crippen LogP contribution in [0.15, 0.2) is 61.1 Å². The zero-order valence-corrected chi connectivity index (χ0v) is 22.3. The number of aromatic hydroxyl groups is 1. The zero-order chi connectivity index (χ0) is 27.9. The van der Waals surface area contributed by atoms with Crippen LogP contribution >= 0.6 is 0 Å². The molecule has 1 aromatic heterocycles. The summed E-state index contributed by atoms with van der Waals surface area (Å²) in [6.45, 7) is 10.2. The molecule has 0 bridgehead atoms. The number of anilines is 1. The van der Waals surface area contributed by atoms with E-state index in [2.05, 4.69) is 37.7 Å². The number of hydrogen-bond donors (Lipinski definition) is 2. The lowest BCUT2D eigenvalue weighted by Gasteiger charge is -2.41. The summed E-state index contributed by atoms with van der Waals surface area (Å²) in [4.78, 5) is 25.2. The molecule has 0 spiro atoms. The predicted molar refractivity (Wildman–Crippen MR) is 148 cm³/mol. The molecule has 1 aliphatic heterocycles. The number of phenolic OH excluding ortho intramolecular Hbond substituents is 1. The van der Waals surface area contributed by atoms with Gasteiger partial charge in [-0.3, -0.25) is 4.79 Å². The monoisotopic (exact) mass is 528 g/mol. The van der Waals surface area contributed by atoms with Gasteiger partial charge in [0.15, 0.2) is 0 Å². The summed E-state index contributed by atoms with van der Waals surface area (Å²) in [7, 11) is 0. The van der Waals surface area contributed by atoms with Crippen molar-refractivity contribution >= 4 is 11.6 Å². The van der Waals surface area contributed by atoms with Crippen LogP contribution in [0.5, 0.6) is 5.75 Å². The van der Waals surface area contributed by atoms with E-state index in [1.807, 2.05) is 12.1 Å². The number of carbonyl (C=O) groups is 1. The highest BCUT2D eigenvalue weighted by Crippen LogP contribution is 2.29. The fourth-order valence-electron chi connectivity index (χ4n) is 5.01. The van der Waals surface area contributed by atoms with Crippen molar-refractivity contribution < 1.29 is 14.3 Å². The fraction of sp³-hybridized carbons (Fsp3) is 0.333. The van der Waals surface area contributed by atoms with Gasteiger partial charge in [0.1, 0.15) is 17.9 Å². The van der Waals surface area contributed by atoms with Crippen molar-refractivity contribution in [2.45, 2.75) is 45.7 Å². The second-order valence-corrected chi connectivity index (χ2v) is 9.77. The Morgan fingerprint density at radius 3 is 2.49 bits per heavy atom. The van der Waals surface area contributed by atoms with E-state index in [-0.39, 0.29) is 23.5 Å². The first-order valence-corrected chi connectivity index (χ1v) is 13.0. The van der Waals surface area contributed by atoms with Crippen molar-refractivity contribution in [1.82, 2.24) is 20.2 Å². The molecule has 0 atom stereocenters. The molecule has 4 rings (SSSR count). The Morgan fingerprint density at radius 1 is 1.18 bits per heavy atom. The van der Waals surface area contributed by atoms with Crippen LogP contribution in [-0.4, -0.2) is 51.6 Å². The maximum Gasteiger partial charge on any atom is 0.254 e. The van der Waals surface area contributed by atoms with Crippen LogP contribution in [0.3, 0.4) is 0 Å². The minimum absolute atomic E-state index is 0.132. The van der Waals surface area contributed by atoms with Crippen molar-refractivity contribution in [1.29, 1.82) is 5.26 Å². The van der Waals surface area contributed by atoms with Crippen LogP contribution < -0.4 is 10.2 Å². The molecule has 202 valence electrons. The van der Waals surface area contributed by atoms with Gasteiger partial charge in [0, 0.05) is 55.6 Å². The molecule has 1 fully saturated rings. The highest BCUT2D eigenvalue weighted by Gasteiger charge is 2.26. The first-order valence-electron chi connectivity index (χ1n) is 13.0. The van der Waals surface area contributed by atoms with Gasteiger partial charge < -0.3 is 20.2 Å². The molecular weight excluding hydrogens is 495 g/mol. The molecule has 0 aliphatic carbocycles. The standard InChI is InChI=1S/C30H33FN6O2/c1-20(10-13-33-30(39)29-21(2)34-19-35-22(29)3)36-14-11-26(12-15-36)37(25-5-7-27(38)8-6-25)18-24-16-23(17-32)4-9-28(24)31/h4-9,16,19,26,38H,1,10-15,18H2,2-3H3,(H,33,39). The Morgan fingerprint density at radius 2 is 1.85 bits per heavy atom. The number of phenols is 1. The number of benzene rings is 2. The summed E-state index contributed by atoms with van der Waals surface area (Å²) in [6, 6.07) is 13.5. The Balaban J connectivity index is 1.37. The molecule has 2 aromatic carbocycles. The van der Waals surface area contributed by atoms with Gasteiger partial charge in [-0.05, 0) is 69.2 Å². The van der Waals surface area contributed by atoms with Crippen LogP contribution in [0, 0.1) is 31.0 Å². The molecule has 2 N–H and O–H groups in total. The van der Waals surface area contributed by atoms with Gasteiger partial charge in [-0.15, -0.1) is 0 Å². The van der Waals surface area contributed by atoms with Crippen molar-refractivity contribution in [3.8, 4) is 11.8 Å². The first-order chi connectivity index (χ1) is 18.8. The molecule has 0 radical (unpaired) electrons. The third-order valence-electron chi connectivity index (χ3n) is 7.20. The number of amides is 1. The number of carbonyl (C=O) groups excluding carboxylic acids is 1. The van der Waals surface area contributed by atoms with Crippen molar-refractivity contribution in [2.24, 2.45) is 0 Å². The number of piperidine rings is 1. The predicted octanol–water partition coefficient (Wildman–Crippen LogP) is 4.61. The van der Waals surface area contributed by atoms with Crippen LogP contribution in [0.2, 0.25) is 0 Å². The maximum absolute atomic E-state index is 14.7. The van der Waals surface area contributed by atoms with Gasteiger partial charge >= 0.3 is 0 Å². The SMILES string of the molecule is C=C(CCNC(=O)c1c(C)ncnc1C)N1CCC(N(Cc2cc(C#N)ccc2F)c2ccc(O)cc2)CC1. The molecule has 9 heteroatoms. The highest BCUT2D eigenvalue weighted by molar-refractivity contribution is 5.96. The molecule has 39 heavy (non-hydrogen) atoms. The van der Waals surface area contributed by atoms with Crippen molar-refractivity contribution in [3.63, 3.8) is 0 Å². The Hall–Kier alpha value is -4.45. The number of aryl methyl sites for hydroxylation is 2. The second kappa shape index (κ2) is 12.4. The fourth-order valence-corrected chi connectivity index (χ4v) is 5.01. The quantitative estimate of drug-likeness (QED) is 0.418. The largest absolute Gasteiger partial charge is 0.508 e. The molecule has 1 saturated heterocycles. The van der Waals surface area contributed by atoms with E-state index in [4.69, 9.17) is 0 Å². The van der Waals surface area contributed by atoms with Gasteiger partial charge in [-0.1, -0.05) is 6.58 Å². The summed E-state index contributed by atoms with van der Waals surface area (Å²) < 4.78 is 14.7. The average molecular weight is 529 g/mol. The second-order valence-electron chi connectivity index (χ2n) is 9.77. The van der Waals surface area contributed by atoms with E-state index in [0.717, 1.165) is 37.3 Å². The number of aromatic nitrogens is 2. The minimum Gasteiger partial charge on any atom is -0.508 e. The zero-order valence-electron chi connectivity index (χ0n) is 22.3. The number of nitrogens with one attached hydrogen (secondary N) is 1. The topological polar surface area (TPSA) is 105 Å². The number of likely N-dealkylation sites (tertiary alicyclic amines) is 1.